The predicted octanol–water partition coefficient (Wildman–Crippen LogP) is 3.63. The normalized spacial score (nSPS) is 10.6. The van der Waals surface area contributed by atoms with Crippen LogP contribution in [0.5, 0.6) is 0 Å². The number of nitrogens with zero attached hydrogens (tertiary/aromatic N) is 1. The van der Waals surface area contributed by atoms with E-state index in [4.69, 9.17) is 11.6 Å². The minimum absolute atomic E-state index is 0.523. The molecule has 0 saturated carbocycles. The fourth-order valence-electron chi connectivity index (χ4n) is 1.67. The first-order chi connectivity index (χ1) is 7.58. The maximum absolute atomic E-state index is 10.7. The lowest BCUT2D eigenvalue weighted by Crippen LogP contribution is -2.27. The van der Waals surface area contributed by atoms with Gasteiger partial charge in [0.1, 0.15) is 0 Å². The van der Waals surface area contributed by atoms with Crippen LogP contribution < -0.4 is 4.90 Å². The summed E-state index contributed by atoms with van der Waals surface area (Å²) in [7, 11) is 0. The number of aldehydes is 1. The molecular weight excluding hydrogens is 222 g/mol. The van der Waals surface area contributed by atoms with Crippen molar-refractivity contribution in [2.75, 3.05) is 18.0 Å². The molecule has 0 fully saturated rings. The molecule has 0 N–H and O–H groups in total. The molecule has 0 aliphatic carbocycles. The Morgan fingerprint density at radius 1 is 1.44 bits per heavy atom. The highest BCUT2D eigenvalue weighted by molar-refractivity contribution is 6.33. The lowest BCUT2D eigenvalue weighted by Gasteiger charge is -2.25. The molecule has 0 aliphatic rings. The van der Waals surface area contributed by atoms with Gasteiger partial charge in [0, 0.05) is 24.3 Å². The van der Waals surface area contributed by atoms with E-state index in [0.29, 0.717) is 16.5 Å². The maximum atomic E-state index is 10.7. The number of benzene rings is 1. The van der Waals surface area contributed by atoms with Crippen LogP contribution in [-0.4, -0.2) is 19.4 Å². The van der Waals surface area contributed by atoms with E-state index in [-0.39, 0.29) is 0 Å². The summed E-state index contributed by atoms with van der Waals surface area (Å²) in [6.45, 7) is 8.42. The molecule has 16 heavy (non-hydrogen) atoms. The molecule has 2 nitrogen and oxygen atoms in total. The zero-order valence-electron chi connectivity index (χ0n) is 10.0. The molecule has 3 heteroatoms. The first-order valence-corrected chi connectivity index (χ1v) is 5.96. The molecule has 88 valence electrons. The Morgan fingerprint density at radius 3 is 2.56 bits per heavy atom. The molecule has 0 radical (unpaired) electrons. The van der Waals surface area contributed by atoms with E-state index >= 15 is 0 Å². The highest BCUT2D eigenvalue weighted by atomic mass is 35.5. The quantitative estimate of drug-likeness (QED) is 0.732. The Hall–Kier alpha value is -1.02. The van der Waals surface area contributed by atoms with E-state index in [9.17, 15) is 4.79 Å². The zero-order chi connectivity index (χ0) is 12.1. The summed E-state index contributed by atoms with van der Waals surface area (Å²) in [5.74, 6) is 0.601. The van der Waals surface area contributed by atoms with Crippen molar-refractivity contribution in [1.82, 2.24) is 0 Å². The van der Waals surface area contributed by atoms with Crippen molar-refractivity contribution in [2.24, 2.45) is 5.92 Å². The van der Waals surface area contributed by atoms with Crippen LogP contribution in [0.15, 0.2) is 18.2 Å². The van der Waals surface area contributed by atoms with E-state index in [1.165, 1.54) is 0 Å². The molecular formula is C13H18ClNO. The molecule has 0 unspecified atom stereocenters. The molecule has 1 rings (SSSR count). The zero-order valence-corrected chi connectivity index (χ0v) is 10.8. The maximum Gasteiger partial charge on any atom is 0.151 e. The number of rotatable bonds is 5. The first-order valence-electron chi connectivity index (χ1n) is 5.58. The topological polar surface area (TPSA) is 20.3 Å². The first kappa shape index (κ1) is 13.0. The van der Waals surface area contributed by atoms with Gasteiger partial charge in [-0.25, -0.2) is 0 Å². The van der Waals surface area contributed by atoms with Gasteiger partial charge in [0.2, 0.25) is 0 Å². The minimum atomic E-state index is 0.523. The van der Waals surface area contributed by atoms with Crippen LogP contribution in [0.25, 0.3) is 0 Å². The number of carbonyl (C=O) groups is 1. The number of hydrogen-bond acceptors (Lipinski definition) is 2. The van der Waals surface area contributed by atoms with Crippen LogP contribution in [0.1, 0.15) is 31.1 Å². The minimum Gasteiger partial charge on any atom is -0.372 e. The molecule has 0 bridgehead atoms. The van der Waals surface area contributed by atoms with Crippen LogP contribution in [0.3, 0.4) is 0 Å². The lowest BCUT2D eigenvalue weighted by molar-refractivity contribution is 0.112. The van der Waals surface area contributed by atoms with Crippen LogP contribution in [0, 0.1) is 5.92 Å². The van der Waals surface area contributed by atoms with Gasteiger partial charge in [-0.1, -0.05) is 25.4 Å². The molecule has 1 aromatic rings. The highest BCUT2D eigenvalue weighted by Gasteiger charge is 2.08. The Labute approximate surface area is 102 Å². The smallest absolute Gasteiger partial charge is 0.151 e. The fraction of sp³-hybridized carbons (Fsp3) is 0.462. The van der Waals surface area contributed by atoms with Gasteiger partial charge in [-0.05, 0) is 31.0 Å². The standard InChI is InChI=1S/C13H18ClNO/c1-4-15(8-10(2)3)12-6-5-11(9-16)13(14)7-12/h5-7,9-10H,4,8H2,1-3H3. The average Bonchev–Trinajstić information content (AvgIpc) is 2.25. The molecule has 0 saturated heterocycles. The van der Waals surface area contributed by atoms with Gasteiger partial charge in [-0.2, -0.15) is 0 Å². The van der Waals surface area contributed by atoms with Crippen molar-refractivity contribution in [3.05, 3.63) is 28.8 Å². The summed E-state index contributed by atoms with van der Waals surface area (Å²) >= 11 is 6.01. The lowest BCUT2D eigenvalue weighted by atomic mass is 10.1. The van der Waals surface area contributed by atoms with E-state index < -0.39 is 0 Å². The number of carbonyl (C=O) groups excluding carboxylic acids is 1. The Balaban J connectivity index is 2.93. The van der Waals surface area contributed by atoms with Crippen molar-refractivity contribution in [1.29, 1.82) is 0 Å². The van der Waals surface area contributed by atoms with Gasteiger partial charge < -0.3 is 4.90 Å². The molecule has 0 heterocycles. The van der Waals surface area contributed by atoms with E-state index in [1.807, 2.05) is 12.1 Å². The van der Waals surface area contributed by atoms with Crippen LogP contribution >= 0.6 is 11.6 Å². The summed E-state index contributed by atoms with van der Waals surface area (Å²) in [5.41, 5.74) is 1.62. The van der Waals surface area contributed by atoms with Crippen molar-refractivity contribution < 1.29 is 4.79 Å². The predicted molar refractivity (Wildman–Crippen MR) is 69.6 cm³/mol. The second kappa shape index (κ2) is 5.90. The molecule has 0 aliphatic heterocycles. The van der Waals surface area contributed by atoms with Crippen molar-refractivity contribution in [3.63, 3.8) is 0 Å². The van der Waals surface area contributed by atoms with Crippen molar-refractivity contribution in [3.8, 4) is 0 Å². The third kappa shape index (κ3) is 3.24. The summed E-state index contributed by atoms with van der Waals surface area (Å²) in [6.07, 6.45) is 0.783. The second-order valence-electron chi connectivity index (χ2n) is 4.26. The molecule has 1 aromatic carbocycles. The van der Waals surface area contributed by atoms with Crippen molar-refractivity contribution >= 4 is 23.6 Å². The van der Waals surface area contributed by atoms with Gasteiger partial charge in [-0.3, -0.25) is 4.79 Å². The third-order valence-electron chi connectivity index (χ3n) is 2.44. The van der Waals surface area contributed by atoms with Crippen LogP contribution in [0.4, 0.5) is 5.69 Å². The van der Waals surface area contributed by atoms with E-state index in [1.54, 1.807) is 6.07 Å². The van der Waals surface area contributed by atoms with Gasteiger partial charge in [-0.15, -0.1) is 0 Å². The van der Waals surface area contributed by atoms with E-state index in [0.717, 1.165) is 25.1 Å². The number of halogens is 1. The Kier molecular flexibility index (Phi) is 4.81. The monoisotopic (exact) mass is 239 g/mol. The largest absolute Gasteiger partial charge is 0.372 e. The molecule has 0 spiro atoms. The number of anilines is 1. The molecule has 0 atom stereocenters. The van der Waals surface area contributed by atoms with E-state index in [2.05, 4.69) is 25.7 Å². The van der Waals surface area contributed by atoms with Gasteiger partial charge in [0.15, 0.2) is 6.29 Å². The fourth-order valence-corrected chi connectivity index (χ4v) is 1.89. The molecule has 0 amide bonds. The Morgan fingerprint density at radius 2 is 2.12 bits per heavy atom. The van der Waals surface area contributed by atoms with Crippen LogP contribution in [0.2, 0.25) is 5.02 Å². The third-order valence-corrected chi connectivity index (χ3v) is 2.77. The van der Waals surface area contributed by atoms with Gasteiger partial charge >= 0.3 is 0 Å². The average molecular weight is 240 g/mol. The SMILES string of the molecule is CCN(CC(C)C)c1ccc(C=O)c(Cl)c1. The van der Waals surface area contributed by atoms with Gasteiger partial charge in [0.25, 0.3) is 0 Å². The number of hydrogen-bond donors (Lipinski definition) is 0. The summed E-state index contributed by atoms with van der Waals surface area (Å²) < 4.78 is 0. The summed E-state index contributed by atoms with van der Waals surface area (Å²) in [6, 6.07) is 5.58. The van der Waals surface area contributed by atoms with Gasteiger partial charge in [0.05, 0.1) is 5.02 Å². The summed E-state index contributed by atoms with van der Waals surface area (Å²) in [5, 5.41) is 0.523. The van der Waals surface area contributed by atoms with Crippen molar-refractivity contribution in [2.45, 2.75) is 20.8 Å². The Bertz CT molecular complexity index is 363. The highest BCUT2D eigenvalue weighted by Crippen LogP contribution is 2.23. The molecule has 0 aromatic heterocycles. The second-order valence-corrected chi connectivity index (χ2v) is 4.66. The van der Waals surface area contributed by atoms with Crippen LogP contribution in [-0.2, 0) is 0 Å². The summed E-state index contributed by atoms with van der Waals surface area (Å²) in [4.78, 5) is 12.9.